The van der Waals surface area contributed by atoms with Crippen LogP contribution in [0.1, 0.15) is 17.5 Å². The van der Waals surface area contributed by atoms with Crippen molar-refractivity contribution in [1.29, 1.82) is 0 Å². The van der Waals surface area contributed by atoms with Gasteiger partial charge in [-0.3, -0.25) is 4.57 Å². The summed E-state index contributed by atoms with van der Waals surface area (Å²) in [6.07, 6.45) is 2.15. The average Bonchev–Trinajstić information content (AvgIpc) is 3.06. The molecule has 4 N–H and O–H groups in total. The molecule has 0 aliphatic carbocycles. The fourth-order valence-corrected chi connectivity index (χ4v) is 2.92. The van der Waals surface area contributed by atoms with E-state index in [0.29, 0.717) is 15.7 Å². The zero-order valence-corrected chi connectivity index (χ0v) is 13.3. The lowest BCUT2D eigenvalue weighted by Gasteiger charge is -2.09. The van der Waals surface area contributed by atoms with E-state index in [0.717, 1.165) is 0 Å². The molecule has 22 heavy (non-hydrogen) atoms. The molecule has 0 aliphatic rings. The fraction of sp³-hybridized carbons (Fsp3) is 0.200. The summed E-state index contributed by atoms with van der Waals surface area (Å²) in [6, 6.07) is 1.61. The summed E-state index contributed by atoms with van der Waals surface area (Å²) in [5.74, 6) is 0.230. The van der Waals surface area contributed by atoms with E-state index in [2.05, 4.69) is 41.5 Å². The molecule has 10 nitrogen and oxygen atoms in total. The van der Waals surface area contributed by atoms with Crippen LogP contribution < -0.4 is 5.44 Å². The Kier molecular flexibility index (Phi) is 3.83. The Labute approximate surface area is 131 Å². The van der Waals surface area contributed by atoms with E-state index in [1.165, 1.54) is 10.6 Å². The van der Waals surface area contributed by atoms with Gasteiger partial charge in [0.1, 0.15) is 11.8 Å². The molecule has 3 aromatic heterocycles. The van der Waals surface area contributed by atoms with Crippen LogP contribution in [0.25, 0.3) is 5.65 Å². The molecule has 0 amide bonds. The van der Waals surface area contributed by atoms with Crippen LogP contribution in [0.4, 0.5) is 0 Å². The van der Waals surface area contributed by atoms with Crippen molar-refractivity contribution in [3.05, 3.63) is 34.3 Å². The number of hydrogen-bond donors (Lipinski definition) is 4. The number of fused-ring (bicyclic) bond motifs is 1. The van der Waals surface area contributed by atoms with E-state index in [1.807, 2.05) is 0 Å². The van der Waals surface area contributed by atoms with Gasteiger partial charge >= 0.3 is 7.60 Å². The van der Waals surface area contributed by atoms with Crippen molar-refractivity contribution in [1.82, 2.24) is 30.0 Å². The number of pyridine rings is 1. The van der Waals surface area contributed by atoms with Crippen LogP contribution in [-0.4, -0.2) is 44.9 Å². The SMILES string of the molecule is O=P(O)(O)c1cn2cc(CC(O)c3nnn[nH]3)c(Br)cc2n1. The number of hydrogen-bond acceptors (Lipinski definition) is 6. The molecule has 0 saturated heterocycles. The molecule has 3 heterocycles. The number of tetrazole rings is 1. The molecule has 1 unspecified atom stereocenters. The van der Waals surface area contributed by atoms with Gasteiger partial charge in [-0.2, -0.15) is 0 Å². The molecule has 0 spiro atoms. The minimum Gasteiger partial charge on any atom is -0.385 e. The highest BCUT2D eigenvalue weighted by Gasteiger charge is 2.22. The highest BCUT2D eigenvalue weighted by molar-refractivity contribution is 9.10. The van der Waals surface area contributed by atoms with Gasteiger partial charge in [-0.1, -0.05) is 15.9 Å². The number of aromatic nitrogens is 6. The van der Waals surface area contributed by atoms with Gasteiger partial charge in [-0.25, -0.2) is 10.1 Å². The Balaban J connectivity index is 1.96. The molecule has 3 aromatic rings. The predicted molar refractivity (Wildman–Crippen MR) is 77.4 cm³/mol. The number of nitrogens with zero attached hydrogens (tertiary/aromatic N) is 5. The zero-order chi connectivity index (χ0) is 15.9. The van der Waals surface area contributed by atoms with Crippen molar-refractivity contribution in [2.75, 3.05) is 0 Å². The molecular formula is C10H10BrN6O4P. The maximum absolute atomic E-state index is 11.2. The van der Waals surface area contributed by atoms with Crippen LogP contribution in [0.3, 0.4) is 0 Å². The first kappa shape index (κ1) is 15.3. The zero-order valence-electron chi connectivity index (χ0n) is 10.8. The Morgan fingerprint density at radius 1 is 1.41 bits per heavy atom. The van der Waals surface area contributed by atoms with E-state index in [4.69, 9.17) is 9.79 Å². The topological polar surface area (TPSA) is 150 Å². The molecule has 116 valence electrons. The van der Waals surface area contributed by atoms with Crippen molar-refractivity contribution < 1.29 is 19.5 Å². The first-order chi connectivity index (χ1) is 10.3. The maximum Gasteiger partial charge on any atom is 0.376 e. The summed E-state index contributed by atoms with van der Waals surface area (Å²) >= 11 is 3.35. The van der Waals surface area contributed by atoms with E-state index >= 15 is 0 Å². The molecule has 3 rings (SSSR count). The number of rotatable bonds is 4. The third-order valence-corrected chi connectivity index (χ3v) is 4.55. The molecule has 0 aromatic carbocycles. The predicted octanol–water partition coefficient (Wildman–Crippen LogP) is -0.311. The summed E-state index contributed by atoms with van der Waals surface area (Å²) in [7, 11) is -4.42. The lowest BCUT2D eigenvalue weighted by Crippen LogP contribution is -2.05. The van der Waals surface area contributed by atoms with Gasteiger partial charge in [0.05, 0.1) is 0 Å². The standard InChI is InChI=1S/C10H10BrN6O4P/c11-6-2-8-12-9(22(19,20)21)4-17(8)3-5(6)1-7(18)10-13-15-16-14-10/h2-4,7,18H,1H2,(H2,19,20,21)(H,13,14,15,16). The average molecular weight is 389 g/mol. The number of imidazole rings is 1. The number of halogens is 1. The summed E-state index contributed by atoms with van der Waals surface area (Å²) in [4.78, 5) is 22.2. The van der Waals surface area contributed by atoms with Gasteiger partial charge in [0.15, 0.2) is 11.3 Å². The van der Waals surface area contributed by atoms with Gasteiger partial charge in [-0.15, -0.1) is 5.10 Å². The van der Waals surface area contributed by atoms with Crippen molar-refractivity contribution >= 4 is 34.6 Å². The van der Waals surface area contributed by atoms with Crippen molar-refractivity contribution in [2.24, 2.45) is 0 Å². The number of H-pyrrole nitrogens is 1. The first-order valence-corrected chi connectivity index (χ1v) is 8.40. The Hall–Kier alpha value is -1.65. The summed E-state index contributed by atoms with van der Waals surface area (Å²) in [5, 5.41) is 23.0. The van der Waals surface area contributed by atoms with E-state index < -0.39 is 13.7 Å². The minimum absolute atomic E-state index is 0.205. The monoisotopic (exact) mass is 388 g/mol. The van der Waals surface area contributed by atoms with E-state index in [1.54, 1.807) is 12.3 Å². The van der Waals surface area contributed by atoms with Crippen LogP contribution in [0, 0.1) is 0 Å². The van der Waals surface area contributed by atoms with Gasteiger partial charge < -0.3 is 19.3 Å². The first-order valence-electron chi connectivity index (χ1n) is 5.99. The summed E-state index contributed by atoms with van der Waals surface area (Å²) in [5.41, 5.74) is 0.771. The largest absolute Gasteiger partial charge is 0.385 e. The Morgan fingerprint density at radius 3 is 2.82 bits per heavy atom. The van der Waals surface area contributed by atoms with Crippen molar-refractivity contribution in [3.63, 3.8) is 0 Å². The second kappa shape index (κ2) is 5.52. The van der Waals surface area contributed by atoms with Crippen LogP contribution in [0.15, 0.2) is 22.9 Å². The van der Waals surface area contributed by atoms with Gasteiger partial charge in [-0.05, 0) is 22.1 Å². The molecular weight excluding hydrogens is 379 g/mol. The lowest BCUT2D eigenvalue weighted by atomic mass is 10.1. The van der Waals surface area contributed by atoms with Gasteiger partial charge in [0.25, 0.3) is 0 Å². The highest BCUT2D eigenvalue weighted by atomic mass is 79.9. The number of aliphatic hydroxyl groups excluding tert-OH is 1. The fourth-order valence-electron chi connectivity index (χ4n) is 1.94. The molecule has 12 heteroatoms. The van der Waals surface area contributed by atoms with Gasteiger partial charge in [0.2, 0.25) is 0 Å². The molecule has 1 atom stereocenters. The van der Waals surface area contributed by atoms with E-state index in [-0.39, 0.29) is 17.7 Å². The number of aromatic amines is 1. The quantitative estimate of drug-likeness (QED) is 0.444. The Morgan fingerprint density at radius 2 is 2.18 bits per heavy atom. The van der Waals surface area contributed by atoms with Crippen molar-refractivity contribution in [3.8, 4) is 0 Å². The molecule has 0 saturated carbocycles. The van der Waals surface area contributed by atoms with Crippen LogP contribution in [0.5, 0.6) is 0 Å². The van der Waals surface area contributed by atoms with Gasteiger partial charge in [0, 0.05) is 23.3 Å². The van der Waals surface area contributed by atoms with Crippen LogP contribution in [0.2, 0.25) is 0 Å². The molecule has 0 fully saturated rings. The van der Waals surface area contributed by atoms with Crippen LogP contribution >= 0.6 is 23.5 Å². The smallest absolute Gasteiger partial charge is 0.376 e. The minimum atomic E-state index is -4.42. The highest BCUT2D eigenvalue weighted by Crippen LogP contribution is 2.33. The normalized spacial score (nSPS) is 13.6. The number of aliphatic hydroxyl groups is 1. The Bertz CT molecular complexity index is 860. The van der Waals surface area contributed by atoms with Crippen molar-refractivity contribution in [2.45, 2.75) is 12.5 Å². The molecule has 0 radical (unpaired) electrons. The van der Waals surface area contributed by atoms with Crippen LogP contribution in [-0.2, 0) is 11.0 Å². The third-order valence-electron chi connectivity index (χ3n) is 2.99. The van der Waals surface area contributed by atoms with E-state index in [9.17, 15) is 9.67 Å². The number of nitrogens with one attached hydrogen (secondary N) is 1. The summed E-state index contributed by atoms with van der Waals surface area (Å²) < 4.78 is 13.4. The summed E-state index contributed by atoms with van der Waals surface area (Å²) in [6.45, 7) is 0. The second-order valence-electron chi connectivity index (χ2n) is 4.56. The molecule has 0 aliphatic heterocycles. The molecule has 0 bridgehead atoms. The maximum atomic E-state index is 11.2. The third kappa shape index (κ3) is 2.94. The lowest BCUT2D eigenvalue weighted by molar-refractivity contribution is 0.168. The second-order valence-corrected chi connectivity index (χ2v) is 6.96.